The highest BCUT2D eigenvalue weighted by Gasteiger charge is 2.35. The quantitative estimate of drug-likeness (QED) is 0.0251. The molecule has 4 aromatic rings. The van der Waals surface area contributed by atoms with Crippen molar-refractivity contribution in [2.24, 2.45) is 0 Å². The van der Waals surface area contributed by atoms with Crippen LogP contribution in [0.5, 0.6) is 23.0 Å². The molecule has 1 N–H and O–H groups in total. The van der Waals surface area contributed by atoms with Crippen molar-refractivity contribution in [3.63, 3.8) is 0 Å². The fourth-order valence-corrected chi connectivity index (χ4v) is 13.9. The molecule has 0 saturated carbocycles. The molecule has 2 fully saturated rings. The molecule has 2 saturated heterocycles. The minimum Gasteiger partial charge on any atom is -0.507 e. The highest BCUT2D eigenvalue weighted by Crippen LogP contribution is 2.41. The van der Waals surface area contributed by atoms with Gasteiger partial charge < -0.3 is 24.1 Å². The molecule has 2 unspecified atom stereocenters. The largest absolute Gasteiger partial charge is 0.507 e. The first-order valence-electron chi connectivity index (χ1n) is 24.7. The van der Waals surface area contributed by atoms with Gasteiger partial charge in [0.25, 0.3) is 0 Å². The van der Waals surface area contributed by atoms with Crippen molar-refractivity contribution in [3.8, 4) is 23.0 Å². The fourth-order valence-electron chi connectivity index (χ4n) is 7.80. The smallest absolute Gasteiger partial charge is 0.350 e. The topological polar surface area (TPSA) is 108 Å². The summed E-state index contributed by atoms with van der Waals surface area (Å²) in [5.74, 6) is 4.61. The molecule has 2 atom stereocenters. The summed E-state index contributed by atoms with van der Waals surface area (Å²) in [6.45, 7) is 17.9. The molecular formula is C58H74O8S4. The van der Waals surface area contributed by atoms with Crippen LogP contribution in [-0.2, 0) is 9.53 Å². The predicted octanol–water partition coefficient (Wildman–Crippen LogP) is 15.8. The highest BCUT2D eigenvalue weighted by atomic mass is 33.1. The lowest BCUT2D eigenvalue weighted by Gasteiger charge is -2.30. The predicted molar refractivity (Wildman–Crippen MR) is 298 cm³/mol. The van der Waals surface area contributed by atoms with E-state index in [-0.39, 0.29) is 11.6 Å². The number of phenols is 1. The van der Waals surface area contributed by atoms with E-state index in [0.29, 0.717) is 29.2 Å². The van der Waals surface area contributed by atoms with E-state index in [1.165, 1.54) is 62.9 Å². The van der Waals surface area contributed by atoms with Gasteiger partial charge in [-0.2, -0.15) is 0 Å². The zero-order valence-electron chi connectivity index (χ0n) is 42.7. The van der Waals surface area contributed by atoms with Crippen molar-refractivity contribution in [2.45, 2.75) is 148 Å². The van der Waals surface area contributed by atoms with Gasteiger partial charge in [0.1, 0.15) is 28.6 Å². The summed E-state index contributed by atoms with van der Waals surface area (Å²) >= 11 is 0. The van der Waals surface area contributed by atoms with E-state index in [0.717, 1.165) is 74.8 Å². The Kier molecular flexibility index (Phi) is 22.8. The molecule has 6 rings (SSSR count). The summed E-state index contributed by atoms with van der Waals surface area (Å²) in [5, 5.41) is 11.6. The van der Waals surface area contributed by atoms with E-state index in [2.05, 4.69) is 10.8 Å². The summed E-state index contributed by atoms with van der Waals surface area (Å²) in [6, 6.07) is 22.3. The van der Waals surface area contributed by atoms with Crippen molar-refractivity contribution < 1.29 is 38.4 Å². The van der Waals surface area contributed by atoms with Crippen molar-refractivity contribution in [3.05, 3.63) is 129 Å². The molecule has 0 spiro atoms. The average molecular weight is 1030 g/mol. The van der Waals surface area contributed by atoms with E-state index in [1.807, 2.05) is 154 Å². The molecule has 2 heterocycles. The first kappa shape index (κ1) is 56.7. The van der Waals surface area contributed by atoms with Crippen LogP contribution in [0.1, 0.15) is 153 Å². The second-order valence-electron chi connectivity index (χ2n) is 19.6. The monoisotopic (exact) mass is 1030 g/mol. The van der Waals surface area contributed by atoms with Crippen molar-refractivity contribution in [2.75, 3.05) is 24.7 Å². The molecule has 8 nitrogen and oxygen atoms in total. The van der Waals surface area contributed by atoms with E-state index in [4.69, 9.17) is 18.9 Å². The van der Waals surface area contributed by atoms with Crippen molar-refractivity contribution in [1.82, 2.24) is 0 Å². The van der Waals surface area contributed by atoms with Gasteiger partial charge in [0.2, 0.25) is 0 Å². The molecule has 0 amide bonds. The lowest BCUT2D eigenvalue weighted by atomic mass is 10.0. The molecule has 0 radical (unpaired) electrons. The summed E-state index contributed by atoms with van der Waals surface area (Å²) < 4.78 is 23.3. The Morgan fingerprint density at radius 1 is 0.600 bits per heavy atom. The summed E-state index contributed by atoms with van der Waals surface area (Å²) in [6.07, 6.45) is 19.2. The van der Waals surface area contributed by atoms with Gasteiger partial charge in [0.05, 0.1) is 13.2 Å². The number of hydrogen-bond donors (Lipinski definition) is 1. The van der Waals surface area contributed by atoms with Crippen molar-refractivity contribution >= 4 is 72.9 Å². The van der Waals surface area contributed by atoms with E-state index in [9.17, 15) is 19.5 Å². The van der Waals surface area contributed by atoms with Crippen LogP contribution in [0.3, 0.4) is 0 Å². The number of ether oxygens (including phenoxy) is 4. The third-order valence-electron chi connectivity index (χ3n) is 11.7. The normalized spacial score (nSPS) is 16.0. The number of rotatable bonds is 23. The minimum absolute atomic E-state index is 0.0483. The first-order chi connectivity index (χ1) is 33.4. The van der Waals surface area contributed by atoms with Crippen molar-refractivity contribution in [1.29, 1.82) is 0 Å². The molecule has 0 aromatic heterocycles. The van der Waals surface area contributed by atoms with E-state index in [1.54, 1.807) is 38.2 Å². The van der Waals surface area contributed by atoms with Gasteiger partial charge in [-0.3, -0.25) is 9.59 Å². The number of esters is 1. The maximum absolute atomic E-state index is 12.8. The van der Waals surface area contributed by atoms with Crippen LogP contribution in [0.4, 0.5) is 0 Å². The Labute approximate surface area is 434 Å². The van der Waals surface area contributed by atoms with Crippen LogP contribution in [0.2, 0.25) is 0 Å². The Balaban J connectivity index is 0.000000271. The molecule has 4 aromatic carbocycles. The van der Waals surface area contributed by atoms with E-state index >= 15 is 0 Å². The molecule has 0 bridgehead atoms. The molecule has 378 valence electrons. The number of carbonyl (C=O) groups is 3. The molecule has 0 aliphatic carbocycles. The van der Waals surface area contributed by atoms with E-state index < -0.39 is 17.2 Å². The Bertz CT molecular complexity index is 2330. The molecule has 2 aliphatic heterocycles. The zero-order chi connectivity index (χ0) is 50.7. The SMILES string of the molecule is Cc1cc(/C=C/C(=O)c2ccc(OCCCCCC3CCSS3)cc2)cc(C)c1O.Cc1cc(/C=C/C(=O)c2ccc(OCCCCCC3CCSS3)cc2)cc(C)c1OC(C)(C)C(=O)OC(C)(C)C. The van der Waals surface area contributed by atoms with Crippen LogP contribution < -0.4 is 14.2 Å². The number of allylic oxidation sites excluding steroid dienone is 2. The Hall–Kier alpha value is -4.23. The minimum atomic E-state index is -1.14. The fraction of sp³-hybridized carbons (Fsp3) is 0.466. The van der Waals surface area contributed by atoms with Gasteiger partial charge in [-0.05, 0) is 219 Å². The second kappa shape index (κ2) is 28.1. The number of aryl methyl sites for hydroxylation is 4. The van der Waals surface area contributed by atoms with Gasteiger partial charge in [-0.1, -0.05) is 81.0 Å². The third-order valence-corrected chi connectivity index (χ3v) is 17.7. The van der Waals surface area contributed by atoms with Gasteiger partial charge in [-0.25, -0.2) is 4.79 Å². The van der Waals surface area contributed by atoms with Gasteiger partial charge >= 0.3 is 5.97 Å². The number of aromatic hydroxyl groups is 1. The average Bonchev–Trinajstić information content (AvgIpc) is 4.06. The van der Waals surface area contributed by atoms with Gasteiger partial charge in [0.15, 0.2) is 17.2 Å². The first-order valence-corrected chi connectivity index (χ1v) is 29.4. The van der Waals surface area contributed by atoms with Crippen LogP contribution in [0.25, 0.3) is 12.2 Å². The van der Waals surface area contributed by atoms with Gasteiger partial charge in [0, 0.05) is 33.1 Å². The van der Waals surface area contributed by atoms with Crippen LogP contribution in [-0.4, -0.2) is 69.1 Å². The molecular weight excluding hydrogens is 953 g/mol. The summed E-state index contributed by atoms with van der Waals surface area (Å²) in [7, 11) is 8.11. The lowest BCUT2D eigenvalue weighted by Crippen LogP contribution is -2.43. The van der Waals surface area contributed by atoms with Gasteiger partial charge in [-0.15, -0.1) is 0 Å². The number of ketones is 2. The highest BCUT2D eigenvalue weighted by molar-refractivity contribution is 8.77. The Morgan fingerprint density at radius 3 is 1.40 bits per heavy atom. The molecule has 2 aliphatic rings. The summed E-state index contributed by atoms with van der Waals surface area (Å²) in [4.78, 5) is 37.8. The maximum atomic E-state index is 12.8. The zero-order valence-corrected chi connectivity index (χ0v) is 46.0. The molecule has 12 heteroatoms. The Morgan fingerprint density at radius 2 is 1.01 bits per heavy atom. The summed E-state index contributed by atoms with van der Waals surface area (Å²) in [5.41, 5.74) is 4.67. The molecule has 70 heavy (non-hydrogen) atoms. The number of hydrogen-bond acceptors (Lipinski definition) is 12. The number of phenolic OH excluding ortho intramolecular Hbond substituents is 1. The van der Waals surface area contributed by atoms with Crippen LogP contribution >= 0.6 is 43.2 Å². The third kappa shape index (κ3) is 19.4. The second-order valence-corrected chi connectivity index (χ2v) is 25.2. The standard InChI is InChI=1S/C33H44O5S2.C25H30O3S2/c1-23-21-25(22-24(2)30(23)37-33(6,7)31(35)38-32(3,4)5)12-17-29(34)26-13-15-27(16-14-26)36-19-10-8-9-11-28-18-20-39-40-28;1-18-16-20(17-19(2)25(18)27)7-12-24(26)21-8-10-22(11-9-21)28-14-5-3-4-6-23-13-15-29-30-23/h12-17,21-22,28H,8-11,18-20H2,1-7H3;7-12,16-17,23,27H,3-6,13-15H2,1-2H3/b17-12+;12-7+. The number of benzene rings is 4. The number of unbranched alkanes of at least 4 members (excludes halogenated alkanes) is 4. The van der Waals surface area contributed by atoms with Crippen LogP contribution in [0.15, 0.2) is 84.9 Å². The van der Waals surface area contributed by atoms with Crippen LogP contribution in [0, 0.1) is 27.7 Å². The maximum Gasteiger partial charge on any atom is 0.350 e. The lowest BCUT2D eigenvalue weighted by molar-refractivity contribution is -0.171. The number of carbonyl (C=O) groups excluding carboxylic acids is 3.